The van der Waals surface area contributed by atoms with Crippen LogP contribution in [0, 0.1) is 12.8 Å². The largest absolute Gasteiger partial charge is 0.378 e. The van der Waals surface area contributed by atoms with E-state index in [2.05, 4.69) is 51.8 Å². The summed E-state index contributed by atoms with van der Waals surface area (Å²) in [6.45, 7) is 8.12. The van der Waals surface area contributed by atoms with Crippen LogP contribution in [0.5, 0.6) is 0 Å². The van der Waals surface area contributed by atoms with Crippen molar-refractivity contribution in [3.8, 4) is 0 Å². The Labute approximate surface area is 124 Å². The summed E-state index contributed by atoms with van der Waals surface area (Å²) in [6, 6.07) is 0.447. The van der Waals surface area contributed by atoms with Gasteiger partial charge in [-0.1, -0.05) is 0 Å². The van der Waals surface area contributed by atoms with Gasteiger partial charge in [-0.05, 0) is 50.2 Å². The predicted molar refractivity (Wildman–Crippen MR) is 80.4 cm³/mol. The number of nitrogens with zero attached hydrogens (tertiary/aromatic N) is 2. The molecule has 1 aromatic heterocycles. The number of halogens is 1. The summed E-state index contributed by atoms with van der Waals surface area (Å²) in [5, 5.41) is 8.03. The zero-order valence-electron chi connectivity index (χ0n) is 12.2. The van der Waals surface area contributed by atoms with Gasteiger partial charge in [-0.15, -0.1) is 0 Å². The lowest BCUT2D eigenvalue weighted by Crippen LogP contribution is -2.36. The van der Waals surface area contributed by atoms with E-state index in [1.54, 1.807) is 0 Å². The number of hydrogen-bond donors (Lipinski definition) is 1. The average Bonchev–Trinajstić information content (AvgIpc) is 2.93. The molecule has 108 valence electrons. The molecule has 1 saturated heterocycles. The zero-order valence-corrected chi connectivity index (χ0v) is 13.8. The van der Waals surface area contributed by atoms with Crippen LogP contribution in [0.4, 0.5) is 0 Å². The van der Waals surface area contributed by atoms with Crippen molar-refractivity contribution >= 4 is 15.9 Å². The van der Waals surface area contributed by atoms with Crippen LogP contribution in [0.2, 0.25) is 0 Å². The monoisotopic (exact) mass is 329 g/mol. The van der Waals surface area contributed by atoms with Crippen molar-refractivity contribution in [2.24, 2.45) is 5.92 Å². The molecule has 4 nitrogen and oxygen atoms in total. The zero-order chi connectivity index (χ0) is 14.0. The van der Waals surface area contributed by atoms with Gasteiger partial charge < -0.3 is 10.1 Å². The van der Waals surface area contributed by atoms with Crippen molar-refractivity contribution in [2.75, 3.05) is 13.7 Å². The lowest BCUT2D eigenvalue weighted by Gasteiger charge is -2.22. The molecule has 3 unspecified atom stereocenters. The van der Waals surface area contributed by atoms with Crippen LogP contribution in [0.25, 0.3) is 0 Å². The van der Waals surface area contributed by atoms with E-state index in [4.69, 9.17) is 4.74 Å². The van der Waals surface area contributed by atoms with Crippen molar-refractivity contribution in [2.45, 2.75) is 52.3 Å². The second-order valence-corrected chi connectivity index (χ2v) is 6.19. The van der Waals surface area contributed by atoms with Crippen LogP contribution >= 0.6 is 15.9 Å². The SMILES string of the molecule is CCn1nc(C)c(Br)c1CC(NC)C1COC(C)C1. The Bertz CT molecular complexity index is 433. The van der Waals surface area contributed by atoms with Gasteiger partial charge in [-0.25, -0.2) is 0 Å². The number of hydrogen-bond acceptors (Lipinski definition) is 3. The molecule has 0 spiro atoms. The fraction of sp³-hybridized carbons (Fsp3) is 0.786. The first-order valence-corrected chi connectivity index (χ1v) is 7.86. The van der Waals surface area contributed by atoms with Crippen LogP contribution in [-0.4, -0.2) is 35.6 Å². The van der Waals surface area contributed by atoms with Gasteiger partial charge in [0, 0.05) is 24.9 Å². The molecule has 2 rings (SSSR count). The van der Waals surface area contributed by atoms with Crippen molar-refractivity contribution in [3.63, 3.8) is 0 Å². The van der Waals surface area contributed by atoms with E-state index in [9.17, 15) is 0 Å². The maximum Gasteiger partial charge on any atom is 0.0738 e. The van der Waals surface area contributed by atoms with Gasteiger partial charge in [0.05, 0.1) is 28.6 Å². The Kier molecular flexibility index (Phi) is 5.03. The second kappa shape index (κ2) is 6.37. The number of ether oxygens (including phenoxy) is 1. The topological polar surface area (TPSA) is 39.1 Å². The molecule has 0 saturated carbocycles. The van der Waals surface area contributed by atoms with E-state index in [1.165, 1.54) is 5.69 Å². The molecule has 19 heavy (non-hydrogen) atoms. The van der Waals surface area contributed by atoms with Crippen LogP contribution in [0.3, 0.4) is 0 Å². The van der Waals surface area contributed by atoms with Crippen LogP contribution < -0.4 is 5.32 Å². The number of rotatable bonds is 5. The van der Waals surface area contributed by atoms with Crippen molar-refractivity contribution in [3.05, 3.63) is 15.9 Å². The molecule has 2 heterocycles. The minimum absolute atomic E-state index is 0.391. The number of likely N-dealkylation sites (N-methyl/N-ethyl adjacent to an activating group) is 1. The Hall–Kier alpha value is -0.390. The summed E-state index contributed by atoms with van der Waals surface area (Å²) >= 11 is 3.68. The molecular formula is C14H24BrN3O. The van der Waals surface area contributed by atoms with Crippen molar-refractivity contribution in [1.82, 2.24) is 15.1 Å². The van der Waals surface area contributed by atoms with Gasteiger partial charge in [-0.2, -0.15) is 5.10 Å². The Morgan fingerprint density at radius 1 is 1.58 bits per heavy atom. The normalized spacial score (nSPS) is 24.9. The van der Waals surface area contributed by atoms with E-state index in [1.807, 2.05) is 7.05 Å². The van der Waals surface area contributed by atoms with Crippen LogP contribution in [-0.2, 0) is 17.7 Å². The molecule has 1 aromatic rings. The molecule has 1 N–H and O–H groups in total. The maximum absolute atomic E-state index is 5.70. The first-order valence-electron chi connectivity index (χ1n) is 7.07. The lowest BCUT2D eigenvalue weighted by atomic mass is 9.93. The van der Waals surface area contributed by atoms with Gasteiger partial charge >= 0.3 is 0 Å². The molecule has 1 aliphatic rings. The van der Waals surface area contributed by atoms with Crippen molar-refractivity contribution < 1.29 is 4.74 Å². The van der Waals surface area contributed by atoms with Gasteiger partial charge in [0.2, 0.25) is 0 Å². The smallest absolute Gasteiger partial charge is 0.0738 e. The predicted octanol–water partition coefficient (Wildman–Crippen LogP) is 2.53. The fourth-order valence-corrected chi connectivity index (χ4v) is 3.35. The maximum atomic E-state index is 5.70. The van der Waals surface area contributed by atoms with Crippen LogP contribution in [0.1, 0.15) is 31.7 Å². The third-order valence-corrected chi connectivity index (χ3v) is 5.07. The summed E-state index contributed by atoms with van der Waals surface area (Å²) in [4.78, 5) is 0. The van der Waals surface area contributed by atoms with E-state index in [0.29, 0.717) is 18.1 Å². The standard InChI is InChI=1S/C14H24BrN3O/c1-5-18-13(14(15)10(3)17-18)7-12(16-4)11-6-9(2)19-8-11/h9,11-12,16H,5-8H2,1-4H3. The molecule has 1 aliphatic heterocycles. The number of aromatic nitrogens is 2. The number of aryl methyl sites for hydroxylation is 2. The molecule has 5 heteroatoms. The van der Waals surface area contributed by atoms with Gasteiger partial charge in [0.25, 0.3) is 0 Å². The third kappa shape index (κ3) is 3.20. The van der Waals surface area contributed by atoms with Gasteiger partial charge in [0.15, 0.2) is 0 Å². The van der Waals surface area contributed by atoms with Crippen molar-refractivity contribution in [1.29, 1.82) is 0 Å². The molecule has 0 aromatic carbocycles. The van der Waals surface area contributed by atoms with Crippen LogP contribution in [0.15, 0.2) is 4.47 Å². The highest BCUT2D eigenvalue weighted by Gasteiger charge is 2.30. The summed E-state index contributed by atoms with van der Waals surface area (Å²) < 4.78 is 8.96. The van der Waals surface area contributed by atoms with Gasteiger partial charge in [-0.3, -0.25) is 4.68 Å². The Morgan fingerprint density at radius 3 is 2.84 bits per heavy atom. The molecule has 0 radical (unpaired) electrons. The first-order chi connectivity index (χ1) is 9.06. The van der Waals surface area contributed by atoms with E-state index in [-0.39, 0.29) is 0 Å². The summed E-state index contributed by atoms with van der Waals surface area (Å²) in [5.41, 5.74) is 2.36. The number of nitrogens with one attached hydrogen (secondary N) is 1. The summed E-state index contributed by atoms with van der Waals surface area (Å²) in [5.74, 6) is 0.590. The highest BCUT2D eigenvalue weighted by atomic mass is 79.9. The van der Waals surface area contributed by atoms with E-state index >= 15 is 0 Å². The highest BCUT2D eigenvalue weighted by Crippen LogP contribution is 2.28. The molecule has 0 aliphatic carbocycles. The minimum atomic E-state index is 0.391. The third-order valence-electron chi connectivity index (χ3n) is 4.04. The van der Waals surface area contributed by atoms with E-state index in [0.717, 1.165) is 36.2 Å². The molecule has 1 fully saturated rings. The Balaban J connectivity index is 2.14. The second-order valence-electron chi connectivity index (χ2n) is 5.40. The minimum Gasteiger partial charge on any atom is -0.378 e. The highest BCUT2D eigenvalue weighted by molar-refractivity contribution is 9.10. The van der Waals surface area contributed by atoms with E-state index < -0.39 is 0 Å². The molecule has 3 atom stereocenters. The quantitative estimate of drug-likeness (QED) is 0.902. The van der Waals surface area contributed by atoms with Gasteiger partial charge in [0.1, 0.15) is 0 Å². The Morgan fingerprint density at radius 2 is 2.32 bits per heavy atom. The lowest BCUT2D eigenvalue weighted by molar-refractivity contribution is 0.117. The molecular weight excluding hydrogens is 306 g/mol. The average molecular weight is 330 g/mol. The summed E-state index contributed by atoms with van der Waals surface area (Å²) in [7, 11) is 2.04. The fourth-order valence-electron chi connectivity index (χ4n) is 2.91. The summed E-state index contributed by atoms with van der Waals surface area (Å²) in [6.07, 6.45) is 2.52. The molecule has 0 amide bonds. The molecule has 0 bridgehead atoms. The first kappa shape index (κ1) is 15.0.